The molecule has 0 saturated carbocycles. The number of fused-ring (bicyclic) bond motifs is 1. The van der Waals surface area contributed by atoms with Gasteiger partial charge >= 0.3 is 0 Å². The summed E-state index contributed by atoms with van der Waals surface area (Å²) >= 11 is 0. The number of carbonyl (C=O) groups is 1. The number of hydrogen-bond donors (Lipinski definition) is 4. The molecule has 0 fully saturated rings. The average Bonchev–Trinajstić information content (AvgIpc) is 3.09. The quantitative estimate of drug-likeness (QED) is 0.280. The van der Waals surface area contributed by atoms with E-state index in [2.05, 4.69) is 4.98 Å². The van der Waals surface area contributed by atoms with E-state index >= 15 is 0 Å². The summed E-state index contributed by atoms with van der Waals surface area (Å²) in [6.07, 6.45) is 1.83. The minimum atomic E-state index is -0.928. The van der Waals surface area contributed by atoms with Gasteiger partial charge in [0.2, 0.25) is 0 Å². The van der Waals surface area contributed by atoms with Crippen LogP contribution in [0, 0.1) is 0 Å². The second-order valence-electron chi connectivity index (χ2n) is 6.17. The molecule has 0 bridgehead atoms. The Balaban J connectivity index is 2.07. The molecule has 0 saturated heterocycles. The molecular formula is C20H21N3O5. The van der Waals surface area contributed by atoms with E-state index in [1.165, 1.54) is 11.6 Å². The molecule has 3 aromatic rings. The highest BCUT2D eigenvalue weighted by atomic mass is 16.5. The van der Waals surface area contributed by atoms with Crippen molar-refractivity contribution in [2.45, 2.75) is 12.6 Å². The van der Waals surface area contributed by atoms with E-state index in [9.17, 15) is 15.0 Å². The molecule has 1 heterocycles. The molecule has 0 radical (unpaired) electrons. The molecule has 2 aromatic carbocycles. The van der Waals surface area contributed by atoms with Gasteiger partial charge in [-0.25, -0.2) is 10.5 Å². The summed E-state index contributed by atoms with van der Waals surface area (Å²) in [6, 6.07) is 12.8. The third kappa shape index (κ3) is 4.20. The molecule has 8 heteroatoms. The maximum atomic E-state index is 11.2. The van der Waals surface area contributed by atoms with Gasteiger partial charge < -0.3 is 19.5 Å². The second-order valence-corrected chi connectivity index (χ2v) is 6.17. The largest absolute Gasteiger partial charge is 0.497 e. The molecule has 0 aliphatic rings. The number of imidazole rings is 1. The Kier molecular flexibility index (Phi) is 6.05. The first kappa shape index (κ1) is 19.6. The van der Waals surface area contributed by atoms with Gasteiger partial charge in [-0.1, -0.05) is 6.07 Å². The van der Waals surface area contributed by atoms with Crippen molar-refractivity contribution >= 4 is 23.0 Å². The topological polar surface area (TPSA) is 117 Å². The molecule has 0 aliphatic carbocycles. The summed E-state index contributed by atoms with van der Waals surface area (Å²) in [7, 11) is 1.59. The van der Waals surface area contributed by atoms with Crippen molar-refractivity contribution < 1.29 is 25.0 Å². The molecule has 4 N–H and O–H groups in total. The van der Waals surface area contributed by atoms with Crippen LogP contribution in [0.3, 0.4) is 0 Å². The summed E-state index contributed by atoms with van der Waals surface area (Å²) < 4.78 is 7.03. The molecular weight excluding hydrogens is 362 g/mol. The number of aliphatic hydroxyl groups excluding tert-OH is 2. The average molecular weight is 383 g/mol. The minimum Gasteiger partial charge on any atom is -0.497 e. The molecule has 0 aliphatic heterocycles. The van der Waals surface area contributed by atoms with E-state index < -0.39 is 12.0 Å². The Morgan fingerprint density at radius 3 is 2.68 bits per heavy atom. The summed E-state index contributed by atoms with van der Waals surface area (Å²) in [5.41, 5.74) is 4.54. The fourth-order valence-corrected chi connectivity index (χ4v) is 2.87. The fourth-order valence-electron chi connectivity index (χ4n) is 2.87. The number of hydrogen-bond acceptors (Lipinski definition) is 6. The summed E-state index contributed by atoms with van der Waals surface area (Å²) in [4.78, 5) is 15.8. The van der Waals surface area contributed by atoms with Crippen LogP contribution < -0.4 is 10.2 Å². The number of aromatic nitrogens is 2. The zero-order valence-corrected chi connectivity index (χ0v) is 15.2. The molecule has 1 amide bonds. The molecule has 8 nitrogen and oxygen atoms in total. The van der Waals surface area contributed by atoms with Gasteiger partial charge in [-0.15, -0.1) is 0 Å². The molecule has 146 valence electrons. The van der Waals surface area contributed by atoms with Crippen LogP contribution in [0.25, 0.3) is 28.5 Å². The van der Waals surface area contributed by atoms with Crippen LogP contribution in [0.1, 0.15) is 5.56 Å². The van der Waals surface area contributed by atoms with Crippen molar-refractivity contribution in [1.29, 1.82) is 0 Å². The molecule has 1 atom stereocenters. The van der Waals surface area contributed by atoms with Crippen LogP contribution in [0.15, 0.2) is 48.5 Å². The number of carbonyl (C=O) groups excluding carboxylic acids is 1. The number of ether oxygens (including phenoxy) is 1. The Hall–Kier alpha value is -3.20. The molecule has 1 unspecified atom stereocenters. The third-order valence-electron chi connectivity index (χ3n) is 4.26. The summed E-state index contributed by atoms with van der Waals surface area (Å²) in [5.74, 6) is 0.728. The lowest BCUT2D eigenvalue weighted by atomic mass is 10.2. The number of benzene rings is 2. The highest BCUT2D eigenvalue weighted by Crippen LogP contribution is 2.27. The van der Waals surface area contributed by atoms with Gasteiger partial charge in [0.15, 0.2) is 0 Å². The Morgan fingerprint density at radius 1 is 1.29 bits per heavy atom. The number of nitrogens with zero attached hydrogens (tertiary/aromatic N) is 2. The SMILES string of the molecule is COc1ccc(-c2nc3cc(/C=C/C(=O)NO)ccc3n2CC(O)CO)cc1. The zero-order chi connectivity index (χ0) is 20.1. The van der Waals surface area contributed by atoms with Gasteiger partial charge in [0.05, 0.1) is 37.4 Å². The van der Waals surface area contributed by atoms with E-state index in [4.69, 9.17) is 9.94 Å². The van der Waals surface area contributed by atoms with Crippen LogP contribution in [0.4, 0.5) is 0 Å². The van der Waals surface area contributed by atoms with Gasteiger partial charge in [0.25, 0.3) is 5.91 Å². The second kappa shape index (κ2) is 8.66. The first-order valence-electron chi connectivity index (χ1n) is 8.61. The Labute approximate surface area is 161 Å². The lowest BCUT2D eigenvalue weighted by Gasteiger charge is -2.13. The van der Waals surface area contributed by atoms with Crippen LogP contribution in [-0.4, -0.2) is 50.7 Å². The third-order valence-corrected chi connectivity index (χ3v) is 4.26. The number of aliphatic hydroxyl groups is 2. The number of methoxy groups -OCH3 is 1. The molecule has 1 aromatic heterocycles. The number of amides is 1. The highest BCUT2D eigenvalue weighted by molar-refractivity contribution is 5.91. The predicted molar refractivity (Wildman–Crippen MR) is 104 cm³/mol. The van der Waals surface area contributed by atoms with Crippen molar-refractivity contribution in [3.63, 3.8) is 0 Å². The molecule has 28 heavy (non-hydrogen) atoms. The number of hydroxylamine groups is 1. The van der Waals surface area contributed by atoms with Crippen LogP contribution in [0.5, 0.6) is 5.75 Å². The Morgan fingerprint density at radius 2 is 2.04 bits per heavy atom. The van der Waals surface area contributed by atoms with Crippen LogP contribution in [0.2, 0.25) is 0 Å². The first-order valence-corrected chi connectivity index (χ1v) is 8.61. The van der Waals surface area contributed by atoms with Gasteiger partial charge in [0.1, 0.15) is 11.6 Å². The van der Waals surface area contributed by atoms with Gasteiger partial charge in [-0.2, -0.15) is 0 Å². The van der Waals surface area contributed by atoms with Crippen LogP contribution in [-0.2, 0) is 11.3 Å². The van der Waals surface area contributed by atoms with E-state index in [0.29, 0.717) is 11.3 Å². The van der Waals surface area contributed by atoms with Crippen molar-refractivity contribution in [2.75, 3.05) is 13.7 Å². The van der Waals surface area contributed by atoms with Crippen LogP contribution >= 0.6 is 0 Å². The van der Waals surface area contributed by atoms with Gasteiger partial charge in [-0.05, 0) is 48.0 Å². The standard InChI is InChI=1S/C20H21N3O5/c1-28-16-6-4-14(5-7-16)20-21-17-10-13(3-9-19(26)22-27)2-8-18(17)23(20)11-15(25)12-24/h2-10,15,24-25,27H,11-12H2,1H3,(H,22,26)/b9-3+. The smallest absolute Gasteiger partial charge is 0.267 e. The number of rotatable bonds is 7. The van der Waals surface area contributed by atoms with Crippen molar-refractivity contribution in [2.24, 2.45) is 0 Å². The summed E-state index contributed by atoms with van der Waals surface area (Å²) in [5, 5.41) is 27.8. The fraction of sp³-hybridized carbons (Fsp3) is 0.200. The molecule has 0 spiro atoms. The lowest BCUT2D eigenvalue weighted by Crippen LogP contribution is -2.20. The van der Waals surface area contributed by atoms with E-state index in [1.807, 2.05) is 34.9 Å². The Bertz CT molecular complexity index is 995. The first-order chi connectivity index (χ1) is 13.5. The van der Waals surface area contributed by atoms with Crippen molar-refractivity contribution in [3.05, 3.63) is 54.1 Å². The number of nitrogens with one attached hydrogen (secondary N) is 1. The van der Waals surface area contributed by atoms with Gasteiger partial charge in [0, 0.05) is 11.6 Å². The van der Waals surface area contributed by atoms with Crippen molar-refractivity contribution in [3.8, 4) is 17.1 Å². The summed E-state index contributed by atoms with van der Waals surface area (Å²) in [6.45, 7) is -0.185. The molecule has 3 rings (SSSR count). The normalized spacial score (nSPS) is 12.4. The minimum absolute atomic E-state index is 0.177. The maximum absolute atomic E-state index is 11.2. The lowest BCUT2D eigenvalue weighted by molar-refractivity contribution is -0.124. The predicted octanol–water partition coefficient (Wildman–Crippen LogP) is 1.58. The highest BCUT2D eigenvalue weighted by Gasteiger charge is 2.16. The monoisotopic (exact) mass is 383 g/mol. The van der Waals surface area contributed by atoms with E-state index in [1.54, 1.807) is 25.3 Å². The zero-order valence-electron chi connectivity index (χ0n) is 15.2. The van der Waals surface area contributed by atoms with E-state index in [0.717, 1.165) is 22.4 Å². The van der Waals surface area contributed by atoms with Gasteiger partial charge in [-0.3, -0.25) is 10.0 Å². The van der Waals surface area contributed by atoms with E-state index in [-0.39, 0.29) is 13.2 Å². The van der Waals surface area contributed by atoms with Crippen molar-refractivity contribution in [1.82, 2.24) is 15.0 Å². The maximum Gasteiger partial charge on any atom is 0.267 e.